The van der Waals surface area contributed by atoms with Crippen molar-refractivity contribution in [2.45, 2.75) is 0 Å². The standard InChI is InChI=1S/C9H8N3/c1-12-7-9(10-11-12)8-5-3-2-4-6-8/h2-7H,1H2. The fraction of sp³-hybridized carbons (Fsp3) is 0. The number of hydrogen-bond donors (Lipinski definition) is 0. The molecule has 0 amide bonds. The SMILES string of the molecule is [CH2]n1cc(-c2ccccc2)nn1. The molecule has 0 bridgehead atoms. The quantitative estimate of drug-likeness (QED) is 0.631. The second-order valence-corrected chi connectivity index (χ2v) is 2.51. The fourth-order valence-electron chi connectivity index (χ4n) is 1.04. The first kappa shape index (κ1) is 7.03. The lowest BCUT2D eigenvalue weighted by atomic mass is 10.2. The zero-order chi connectivity index (χ0) is 8.39. The van der Waals surface area contributed by atoms with Gasteiger partial charge in [-0.15, -0.1) is 5.10 Å². The van der Waals surface area contributed by atoms with E-state index in [1.54, 1.807) is 6.20 Å². The summed E-state index contributed by atoms with van der Waals surface area (Å²) < 4.78 is 1.45. The number of aromatic nitrogens is 3. The molecular weight excluding hydrogens is 150 g/mol. The molecule has 0 aliphatic rings. The smallest absolute Gasteiger partial charge is 0.113 e. The van der Waals surface area contributed by atoms with Gasteiger partial charge in [-0.2, -0.15) is 0 Å². The van der Waals surface area contributed by atoms with E-state index < -0.39 is 0 Å². The van der Waals surface area contributed by atoms with Crippen LogP contribution in [-0.4, -0.2) is 15.0 Å². The first-order valence-electron chi connectivity index (χ1n) is 3.65. The molecule has 59 valence electrons. The van der Waals surface area contributed by atoms with Gasteiger partial charge in [0.25, 0.3) is 0 Å². The van der Waals surface area contributed by atoms with Gasteiger partial charge in [0, 0.05) is 5.56 Å². The Morgan fingerprint density at radius 2 is 1.92 bits per heavy atom. The third-order valence-corrected chi connectivity index (χ3v) is 1.61. The maximum Gasteiger partial charge on any atom is 0.113 e. The highest BCUT2D eigenvalue weighted by Gasteiger charge is 1.99. The molecule has 2 aromatic rings. The lowest BCUT2D eigenvalue weighted by Gasteiger charge is -1.91. The lowest BCUT2D eigenvalue weighted by molar-refractivity contribution is 0.800. The zero-order valence-corrected chi connectivity index (χ0v) is 6.51. The van der Waals surface area contributed by atoms with Crippen molar-refractivity contribution in [2.24, 2.45) is 0 Å². The van der Waals surface area contributed by atoms with Crippen LogP contribution in [0.25, 0.3) is 11.3 Å². The molecule has 0 saturated heterocycles. The van der Waals surface area contributed by atoms with Crippen molar-refractivity contribution in [3.05, 3.63) is 43.6 Å². The van der Waals surface area contributed by atoms with E-state index >= 15 is 0 Å². The second-order valence-electron chi connectivity index (χ2n) is 2.51. The van der Waals surface area contributed by atoms with Crippen LogP contribution in [0.5, 0.6) is 0 Å². The van der Waals surface area contributed by atoms with Crippen LogP contribution in [0.1, 0.15) is 0 Å². The normalized spacial score (nSPS) is 10.1. The van der Waals surface area contributed by atoms with Crippen LogP contribution in [-0.2, 0) is 0 Å². The summed E-state index contributed by atoms with van der Waals surface area (Å²) in [5, 5.41) is 7.69. The van der Waals surface area contributed by atoms with E-state index in [4.69, 9.17) is 0 Å². The molecule has 1 heterocycles. The van der Waals surface area contributed by atoms with Crippen LogP contribution < -0.4 is 0 Å². The van der Waals surface area contributed by atoms with E-state index in [1.165, 1.54) is 4.68 Å². The van der Waals surface area contributed by atoms with Gasteiger partial charge >= 0.3 is 0 Å². The molecule has 3 nitrogen and oxygen atoms in total. The summed E-state index contributed by atoms with van der Waals surface area (Å²) in [6.07, 6.45) is 1.79. The van der Waals surface area contributed by atoms with Gasteiger partial charge in [0.05, 0.1) is 13.2 Å². The Balaban J connectivity index is 2.45. The third-order valence-electron chi connectivity index (χ3n) is 1.61. The minimum absolute atomic E-state index is 0.852. The molecule has 1 radical (unpaired) electrons. The van der Waals surface area contributed by atoms with Crippen molar-refractivity contribution < 1.29 is 0 Å². The topological polar surface area (TPSA) is 30.7 Å². The average Bonchev–Trinajstić information content (AvgIpc) is 2.54. The fourth-order valence-corrected chi connectivity index (χ4v) is 1.04. The van der Waals surface area contributed by atoms with E-state index in [0.717, 1.165) is 11.3 Å². The molecule has 0 atom stereocenters. The monoisotopic (exact) mass is 158 g/mol. The maximum atomic E-state index is 3.94. The highest BCUT2D eigenvalue weighted by Crippen LogP contribution is 2.13. The largest absolute Gasteiger partial charge is 0.250 e. The number of nitrogens with zero attached hydrogens (tertiary/aromatic N) is 3. The molecule has 0 aliphatic heterocycles. The van der Waals surface area contributed by atoms with E-state index in [1.807, 2.05) is 30.3 Å². The summed E-state index contributed by atoms with van der Waals surface area (Å²) >= 11 is 0. The molecule has 0 saturated carbocycles. The average molecular weight is 158 g/mol. The molecule has 12 heavy (non-hydrogen) atoms. The Kier molecular flexibility index (Phi) is 1.63. The van der Waals surface area contributed by atoms with Gasteiger partial charge in [-0.3, -0.25) is 4.68 Å². The first-order chi connectivity index (χ1) is 5.86. The van der Waals surface area contributed by atoms with Crippen molar-refractivity contribution in [1.82, 2.24) is 15.0 Å². The van der Waals surface area contributed by atoms with Gasteiger partial charge in [0.1, 0.15) is 5.69 Å². The van der Waals surface area contributed by atoms with E-state index in [2.05, 4.69) is 17.4 Å². The molecule has 0 unspecified atom stereocenters. The summed E-state index contributed by atoms with van der Waals surface area (Å²) in [5.74, 6) is 0. The van der Waals surface area contributed by atoms with Crippen LogP contribution in [0.3, 0.4) is 0 Å². The van der Waals surface area contributed by atoms with Crippen molar-refractivity contribution in [1.29, 1.82) is 0 Å². The molecule has 0 aliphatic carbocycles. The van der Waals surface area contributed by atoms with Crippen LogP contribution in [0.2, 0.25) is 0 Å². The Labute approximate surface area is 70.6 Å². The Morgan fingerprint density at radius 3 is 2.50 bits per heavy atom. The minimum Gasteiger partial charge on any atom is -0.250 e. The molecule has 1 aromatic carbocycles. The van der Waals surface area contributed by atoms with Gasteiger partial charge in [-0.1, -0.05) is 35.5 Å². The summed E-state index contributed by atoms with van der Waals surface area (Å²) in [6.45, 7) is 0. The molecule has 1 aromatic heterocycles. The van der Waals surface area contributed by atoms with Gasteiger partial charge in [0.2, 0.25) is 0 Å². The van der Waals surface area contributed by atoms with Crippen LogP contribution in [0.15, 0.2) is 36.5 Å². The highest BCUT2D eigenvalue weighted by molar-refractivity contribution is 5.57. The minimum atomic E-state index is 0.852. The van der Waals surface area contributed by atoms with E-state index in [-0.39, 0.29) is 0 Å². The Hall–Kier alpha value is -1.64. The van der Waals surface area contributed by atoms with Crippen molar-refractivity contribution in [3.8, 4) is 11.3 Å². The van der Waals surface area contributed by atoms with Crippen molar-refractivity contribution in [2.75, 3.05) is 0 Å². The Bertz CT molecular complexity index is 364. The van der Waals surface area contributed by atoms with E-state index in [0.29, 0.717) is 0 Å². The molecule has 2 rings (SSSR count). The summed E-state index contributed by atoms with van der Waals surface area (Å²) in [6, 6.07) is 9.89. The maximum absolute atomic E-state index is 3.94. The van der Waals surface area contributed by atoms with E-state index in [9.17, 15) is 0 Å². The van der Waals surface area contributed by atoms with Gasteiger partial charge in [-0.05, 0) is 0 Å². The number of benzene rings is 1. The van der Waals surface area contributed by atoms with Crippen molar-refractivity contribution in [3.63, 3.8) is 0 Å². The van der Waals surface area contributed by atoms with Gasteiger partial charge < -0.3 is 0 Å². The zero-order valence-electron chi connectivity index (χ0n) is 6.51. The second kappa shape index (κ2) is 2.77. The van der Waals surface area contributed by atoms with Gasteiger partial charge in [-0.25, -0.2) is 0 Å². The molecule has 0 spiro atoms. The number of hydrogen-bond acceptors (Lipinski definition) is 2. The van der Waals surface area contributed by atoms with Crippen LogP contribution >= 0.6 is 0 Å². The summed E-state index contributed by atoms with van der Waals surface area (Å²) in [7, 11) is 3.61. The van der Waals surface area contributed by atoms with Crippen LogP contribution in [0.4, 0.5) is 0 Å². The van der Waals surface area contributed by atoms with Gasteiger partial charge in [0.15, 0.2) is 0 Å². The van der Waals surface area contributed by atoms with Crippen LogP contribution in [0, 0.1) is 7.05 Å². The van der Waals surface area contributed by atoms with Crippen molar-refractivity contribution >= 4 is 0 Å². The lowest BCUT2D eigenvalue weighted by Crippen LogP contribution is -1.82. The summed E-state index contributed by atoms with van der Waals surface area (Å²) in [4.78, 5) is 0. The predicted octanol–water partition coefficient (Wildman–Crippen LogP) is 1.58. The predicted molar refractivity (Wildman–Crippen MR) is 46.2 cm³/mol. The molecule has 0 N–H and O–H groups in total. The third kappa shape index (κ3) is 1.21. The highest BCUT2D eigenvalue weighted by atomic mass is 15.4. The number of rotatable bonds is 1. The first-order valence-corrected chi connectivity index (χ1v) is 3.65. The molecule has 3 heteroatoms. The summed E-state index contributed by atoms with van der Waals surface area (Å²) in [5.41, 5.74) is 1.91. The molecule has 0 fully saturated rings. The molecular formula is C9H8N3. The Morgan fingerprint density at radius 1 is 1.17 bits per heavy atom.